The van der Waals surface area contributed by atoms with Gasteiger partial charge in [0.25, 0.3) is 5.91 Å². The zero-order chi connectivity index (χ0) is 18.2. The average Bonchev–Trinajstić information content (AvgIpc) is 2.55. The molecule has 0 bridgehead atoms. The summed E-state index contributed by atoms with van der Waals surface area (Å²) in [6, 6.07) is 0. The van der Waals surface area contributed by atoms with E-state index in [1.54, 1.807) is 0 Å². The van der Waals surface area contributed by atoms with Gasteiger partial charge in [0, 0.05) is 13.1 Å². The highest BCUT2D eigenvalue weighted by atomic mass is 35.5. The molecule has 1 aromatic rings. The summed E-state index contributed by atoms with van der Waals surface area (Å²) in [4.78, 5) is 36.5. The van der Waals surface area contributed by atoms with E-state index < -0.39 is 29.3 Å². The number of likely N-dealkylation sites (tertiary alicyclic amines) is 1. The molecule has 1 aliphatic heterocycles. The number of aliphatic carboxylic acids is 1. The largest absolute Gasteiger partial charge is 0.481 e. The Hall–Kier alpha value is -1.21. The van der Waals surface area contributed by atoms with E-state index in [2.05, 4.69) is 0 Å². The van der Waals surface area contributed by atoms with Gasteiger partial charge in [-0.1, -0.05) is 46.4 Å². The van der Waals surface area contributed by atoms with Crippen molar-refractivity contribution in [1.82, 2.24) is 4.90 Å². The van der Waals surface area contributed by atoms with Gasteiger partial charge in [0.1, 0.15) is 0 Å². The summed E-state index contributed by atoms with van der Waals surface area (Å²) < 4.78 is 0. The van der Waals surface area contributed by atoms with Gasteiger partial charge in [0.15, 0.2) is 0 Å². The van der Waals surface area contributed by atoms with E-state index >= 15 is 0 Å². The van der Waals surface area contributed by atoms with Crippen molar-refractivity contribution in [3.05, 3.63) is 31.2 Å². The molecule has 0 atom stereocenters. The number of hydrogen-bond acceptors (Lipinski definition) is 3. The number of carbonyl (C=O) groups excluding carboxylic acids is 1. The van der Waals surface area contributed by atoms with Crippen LogP contribution in [0.3, 0.4) is 0 Å². The third kappa shape index (κ3) is 3.42. The monoisotopic (exact) mass is 413 g/mol. The summed E-state index contributed by atoms with van der Waals surface area (Å²) in [7, 11) is 0. The van der Waals surface area contributed by atoms with Gasteiger partial charge in [-0.15, -0.1) is 0 Å². The van der Waals surface area contributed by atoms with Crippen molar-refractivity contribution in [3.63, 3.8) is 0 Å². The van der Waals surface area contributed by atoms with Crippen LogP contribution in [-0.4, -0.2) is 46.0 Å². The smallest absolute Gasteiger partial charge is 0.338 e. The fourth-order valence-electron chi connectivity index (χ4n) is 2.52. The van der Waals surface area contributed by atoms with Gasteiger partial charge in [-0.25, -0.2) is 4.79 Å². The average molecular weight is 415 g/mol. The van der Waals surface area contributed by atoms with Crippen LogP contribution in [0.5, 0.6) is 0 Å². The quantitative estimate of drug-likeness (QED) is 0.577. The Bertz CT molecular complexity index is 729. The number of carboxylic acid groups (broad SMARTS) is 2. The molecule has 1 fully saturated rings. The van der Waals surface area contributed by atoms with Crippen molar-refractivity contribution in [2.45, 2.75) is 12.8 Å². The molecule has 0 spiro atoms. The van der Waals surface area contributed by atoms with E-state index in [4.69, 9.17) is 51.5 Å². The molecule has 2 rings (SSSR count). The number of hydrogen-bond donors (Lipinski definition) is 2. The number of aromatic carboxylic acids is 1. The van der Waals surface area contributed by atoms with E-state index in [0.717, 1.165) is 0 Å². The van der Waals surface area contributed by atoms with Crippen LogP contribution in [0.4, 0.5) is 0 Å². The van der Waals surface area contributed by atoms with Gasteiger partial charge in [-0.3, -0.25) is 9.59 Å². The second-order valence-corrected chi connectivity index (χ2v) is 6.73. The number of amides is 1. The molecule has 1 amide bonds. The van der Waals surface area contributed by atoms with Crippen LogP contribution >= 0.6 is 46.4 Å². The summed E-state index contributed by atoms with van der Waals surface area (Å²) in [6.07, 6.45) is 0.520. The Labute approximate surface area is 156 Å². The highest BCUT2D eigenvalue weighted by Crippen LogP contribution is 2.42. The highest BCUT2D eigenvalue weighted by molar-refractivity contribution is 6.54. The summed E-state index contributed by atoms with van der Waals surface area (Å²) in [6.45, 7) is 0.312. The Morgan fingerprint density at radius 1 is 0.833 bits per heavy atom. The van der Waals surface area contributed by atoms with Crippen LogP contribution < -0.4 is 0 Å². The van der Waals surface area contributed by atoms with Crippen LogP contribution in [0.1, 0.15) is 33.6 Å². The van der Waals surface area contributed by atoms with Crippen LogP contribution in [0.15, 0.2) is 0 Å². The molecule has 0 saturated carbocycles. The van der Waals surface area contributed by atoms with E-state index in [1.807, 2.05) is 0 Å². The summed E-state index contributed by atoms with van der Waals surface area (Å²) in [5.41, 5.74) is -0.876. The predicted molar refractivity (Wildman–Crippen MR) is 89.7 cm³/mol. The number of halogens is 4. The molecule has 24 heavy (non-hydrogen) atoms. The topological polar surface area (TPSA) is 94.9 Å². The maximum atomic E-state index is 12.7. The molecule has 1 saturated heterocycles. The Balaban J connectivity index is 2.43. The van der Waals surface area contributed by atoms with E-state index in [-0.39, 0.29) is 51.6 Å². The molecule has 0 aromatic heterocycles. The number of nitrogens with zero attached hydrogens (tertiary/aromatic N) is 1. The number of carboxylic acids is 2. The first kappa shape index (κ1) is 19.1. The first-order chi connectivity index (χ1) is 11.2. The standard InChI is InChI=1S/C14H11Cl4NO5/c15-8-6(7(14(23)24)9(16)11(18)10(8)17)12(20)19-3-1-5(2-4-19)13(21)22/h5H,1-4H2,(H,21,22)(H,23,24). The Morgan fingerprint density at radius 2 is 1.29 bits per heavy atom. The first-order valence-electron chi connectivity index (χ1n) is 6.78. The lowest BCUT2D eigenvalue weighted by Crippen LogP contribution is -2.41. The van der Waals surface area contributed by atoms with Crippen molar-refractivity contribution in [2.75, 3.05) is 13.1 Å². The van der Waals surface area contributed by atoms with Crippen molar-refractivity contribution >= 4 is 64.2 Å². The molecule has 10 heteroatoms. The molecule has 1 aliphatic rings. The van der Waals surface area contributed by atoms with Gasteiger partial charge in [-0.2, -0.15) is 0 Å². The van der Waals surface area contributed by atoms with Gasteiger partial charge < -0.3 is 15.1 Å². The van der Waals surface area contributed by atoms with Crippen LogP contribution in [-0.2, 0) is 4.79 Å². The second-order valence-electron chi connectivity index (χ2n) is 5.22. The minimum Gasteiger partial charge on any atom is -0.481 e. The minimum atomic E-state index is -1.47. The molecule has 1 aromatic carbocycles. The summed E-state index contributed by atoms with van der Waals surface area (Å²) in [5, 5.41) is 17.2. The zero-order valence-electron chi connectivity index (χ0n) is 12.0. The van der Waals surface area contributed by atoms with Gasteiger partial charge in [0.05, 0.1) is 37.1 Å². The highest BCUT2D eigenvalue weighted by Gasteiger charge is 2.33. The van der Waals surface area contributed by atoms with Gasteiger partial charge in [0.2, 0.25) is 0 Å². The van der Waals surface area contributed by atoms with E-state index in [0.29, 0.717) is 0 Å². The lowest BCUT2D eigenvalue weighted by molar-refractivity contribution is -0.143. The molecule has 130 valence electrons. The van der Waals surface area contributed by atoms with Crippen molar-refractivity contribution < 1.29 is 24.6 Å². The lowest BCUT2D eigenvalue weighted by Gasteiger charge is -2.31. The normalized spacial score (nSPS) is 15.4. The van der Waals surface area contributed by atoms with Crippen LogP contribution in [0.25, 0.3) is 0 Å². The molecule has 0 aliphatic carbocycles. The molecular formula is C14H11Cl4NO5. The van der Waals surface area contributed by atoms with E-state index in [1.165, 1.54) is 4.90 Å². The molecule has 1 heterocycles. The third-order valence-corrected chi connectivity index (χ3v) is 5.63. The molecule has 0 unspecified atom stereocenters. The maximum Gasteiger partial charge on any atom is 0.338 e. The minimum absolute atomic E-state index is 0.156. The SMILES string of the molecule is O=C(O)c1c(Cl)c(Cl)c(Cl)c(Cl)c1C(=O)N1CCC(C(=O)O)CC1. The zero-order valence-corrected chi connectivity index (χ0v) is 15.0. The first-order valence-corrected chi connectivity index (χ1v) is 8.29. The fourth-order valence-corrected chi connectivity index (χ4v) is 3.54. The fraction of sp³-hybridized carbons (Fsp3) is 0.357. The Kier molecular flexibility index (Phi) is 5.86. The van der Waals surface area contributed by atoms with Crippen LogP contribution in [0.2, 0.25) is 20.1 Å². The molecular weight excluding hydrogens is 404 g/mol. The number of carbonyl (C=O) groups is 3. The van der Waals surface area contributed by atoms with Crippen molar-refractivity contribution in [2.24, 2.45) is 5.92 Å². The predicted octanol–water partition coefficient (Wildman–Crippen LogP) is 3.94. The molecule has 2 N–H and O–H groups in total. The number of piperidine rings is 1. The van der Waals surface area contributed by atoms with Crippen molar-refractivity contribution in [1.29, 1.82) is 0 Å². The Morgan fingerprint density at radius 3 is 1.71 bits per heavy atom. The summed E-state index contributed by atoms with van der Waals surface area (Å²) >= 11 is 23.7. The van der Waals surface area contributed by atoms with Gasteiger partial charge >= 0.3 is 11.9 Å². The number of benzene rings is 1. The van der Waals surface area contributed by atoms with Gasteiger partial charge in [-0.05, 0) is 12.8 Å². The molecule has 6 nitrogen and oxygen atoms in total. The lowest BCUT2D eigenvalue weighted by atomic mass is 9.96. The second kappa shape index (κ2) is 7.35. The molecule has 0 radical (unpaired) electrons. The van der Waals surface area contributed by atoms with E-state index in [9.17, 15) is 19.5 Å². The summed E-state index contributed by atoms with van der Waals surface area (Å²) in [5.74, 6) is -3.62. The third-order valence-electron chi connectivity index (χ3n) is 3.83. The maximum absolute atomic E-state index is 12.7. The number of rotatable bonds is 3. The van der Waals surface area contributed by atoms with Crippen LogP contribution in [0, 0.1) is 5.92 Å². The van der Waals surface area contributed by atoms with Crippen molar-refractivity contribution in [3.8, 4) is 0 Å².